The van der Waals surface area contributed by atoms with Crippen molar-refractivity contribution in [3.8, 4) is 22.8 Å². The molecular weight excluding hydrogens is 837 g/mol. The number of aliphatic hydroxyl groups is 1. The number of aromatic carboxylic acids is 1. The number of rotatable bonds is 11. The Kier molecular flexibility index (Phi) is 15.6. The number of aliphatic carboxylic acids is 1. The van der Waals surface area contributed by atoms with Crippen LogP contribution in [0.15, 0.2) is 85.6 Å². The highest BCUT2D eigenvalue weighted by Gasteiger charge is 2.40. The van der Waals surface area contributed by atoms with Crippen molar-refractivity contribution in [3.05, 3.63) is 123 Å². The number of aryl methyl sites for hydroxylation is 1. The van der Waals surface area contributed by atoms with E-state index in [1.54, 1.807) is 41.5 Å². The van der Waals surface area contributed by atoms with Crippen molar-refractivity contribution < 1.29 is 38.8 Å². The van der Waals surface area contributed by atoms with Gasteiger partial charge in [-0.25, -0.2) is 23.9 Å². The molecule has 1 unspecified atom stereocenters. The molecule has 1 atom stereocenters. The molecule has 3 heterocycles. The van der Waals surface area contributed by atoms with Crippen molar-refractivity contribution in [1.29, 1.82) is 0 Å². The average Bonchev–Trinajstić information content (AvgIpc) is 3.68. The van der Waals surface area contributed by atoms with Crippen molar-refractivity contribution in [2.24, 2.45) is 5.41 Å². The van der Waals surface area contributed by atoms with Crippen LogP contribution in [-0.4, -0.2) is 71.3 Å². The summed E-state index contributed by atoms with van der Waals surface area (Å²) in [4.78, 5) is 33.4. The first-order chi connectivity index (χ1) is 27.3. The Morgan fingerprint density at radius 3 is 2.26 bits per heavy atom. The van der Waals surface area contributed by atoms with E-state index in [4.69, 9.17) is 71.8 Å². The zero-order valence-electron chi connectivity index (χ0n) is 31.6. The van der Waals surface area contributed by atoms with Gasteiger partial charge in [-0.2, -0.15) is 5.10 Å². The lowest BCUT2D eigenvalue weighted by Crippen LogP contribution is -2.47. The average molecular weight is 877 g/mol. The molecule has 0 radical (unpaired) electrons. The highest BCUT2D eigenvalue weighted by Crippen LogP contribution is 2.37. The summed E-state index contributed by atoms with van der Waals surface area (Å²) in [5.74, 6) is -2.91. The van der Waals surface area contributed by atoms with Crippen LogP contribution in [0, 0.1) is 11.2 Å². The van der Waals surface area contributed by atoms with Crippen LogP contribution in [0.2, 0.25) is 20.1 Å². The number of ether oxygens (including phenoxy) is 2. The molecule has 13 nitrogen and oxygen atoms in total. The normalized spacial score (nSPS) is 12.0. The third-order valence-corrected chi connectivity index (χ3v) is 10.1. The summed E-state index contributed by atoms with van der Waals surface area (Å²) in [6, 6.07) is 18.6. The van der Waals surface area contributed by atoms with E-state index in [1.807, 2.05) is 45.0 Å². The number of hydrogen-bond acceptors (Lipinski definition) is 10. The number of anilines is 1. The molecule has 0 saturated heterocycles. The second kappa shape index (κ2) is 19.9. The Hall–Kier alpha value is -5.25. The van der Waals surface area contributed by atoms with Gasteiger partial charge in [0, 0.05) is 22.2 Å². The minimum Gasteiger partial charge on any atom is -0.492 e. The summed E-state index contributed by atoms with van der Waals surface area (Å²) >= 11 is 23.4. The number of carboxylic acids is 2. The van der Waals surface area contributed by atoms with Crippen LogP contribution in [0.5, 0.6) is 11.5 Å². The number of nitrogen functional groups attached to an aromatic ring is 1. The Morgan fingerprint density at radius 1 is 0.966 bits per heavy atom. The number of methoxy groups -OCH3 is 1. The van der Waals surface area contributed by atoms with E-state index in [0.29, 0.717) is 29.3 Å². The summed E-state index contributed by atoms with van der Waals surface area (Å²) in [7, 11) is 1.26. The Morgan fingerprint density at radius 2 is 1.66 bits per heavy atom. The number of carboxylic acid groups (broad SMARTS) is 2. The quantitative estimate of drug-likeness (QED) is 0.0965. The molecule has 6 rings (SSSR count). The van der Waals surface area contributed by atoms with Gasteiger partial charge in [-0.15, -0.1) is 0 Å². The lowest BCUT2D eigenvalue weighted by Gasteiger charge is -2.40. The highest BCUT2D eigenvalue weighted by molar-refractivity contribution is 6.36. The van der Waals surface area contributed by atoms with Gasteiger partial charge >= 0.3 is 11.9 Å². The number of nitrogens with zero attached hydrogens (tertiary/aromatic N) is 5. The van der Waals surface area contributed by atoms with Crippen molar-refractivity contribution in [3.63, 3.8) is 0 Å². The maximum atomic E-state index is 14.3. The number of fused-ring (bicyclic) bond motifs is 1. The predicted molar refractivity (Wildman–Crippen MR) is 222 cm³/mol. The van der Waals surface area contributed by atoms with E-state index < -0.39 is 35.7 Å². The summed E-state index contributed by atoms with van der Waals surface area (Å²) in [6.07, 6.45) is 6.17. The summed E-state index contributed by atoms with van der Waals surface area (Å²) in [6.45, 7) is 6.18. The molecular formula is C40H39Cl4FN6O7. The molecule has 3 aromatic heterocycles. The summed E-state index contributed by atoms with van der Waals surface area (Å²) in [5, 5.41) is 34.7. The molecule has 0 aliphatic rings. The van der Waals surface area contributed by atoms with Crippen molar-refractivity contribution in [2.45, 2.75) is 45.8 Å². The number of hydrogen-bond donors (Lipinski definition) is 4. The minimum absolute atomic E-state index is 0.00196. The van der Waals surface area contributed by atoms with Crippen LogP contribution in [0.25, 0.3) is 22.2 Å². The molecule has 18 heteroatoms. The number of nitrogens with two attached hydrogens (primary N) is 1. The van der Waals surface area contributed by atoms with Gasteiger partial charge in [-0.3, -0.25) is 9.67 Å². The van der Waals surface area contributed by atoms with Gasteiger partial charge in [0.25, 0.3) is 0 Å². The largest absolute Gasteiger partial charge is 0.492 e. The second-order valence-electron chi connectivity index (χ2n) is 13.6. The molecule has 306 valence electrons. The molecule has 0 bridgehead atoms. The Bertz CT molecular complexity index is 2360. The van der Waals surface area contributed by atoms with E-state index in [-0.39, 0.29) is 38.2 Å². The second-order valence-corrected chi connectivity index (χ2v) is 15.3. The molecule has 0 saturated carbocycles. The SMILES string of the molecule is CC(C)(C)C(O)(CCc1ccc(Cl)cc1)Cn1cncn1.COc1c(Cl)ccc(-c2cc(N)c(Cl)c(C(=O)O)n2)c1F.O=C(O)COc1ccc(Cl)c2cccnc12. The van der Waals surface area contributed by atoms with Gasteiger partial charge in [-0.1, -0.05) is 79.3 Å². The van der Waals surface area contributed by atoms with Crippen molar-refractivity contribution in [1.82, 2.24) is 24.7 Å². The first-order valence-electron chi connectivity index (χ1n) is 17.2. The molecule has 0 spiro atoms. The topological polar surface area (TPSA) is 196 Å². The van der Waals surface area contributed by atoms with E-state index in [1.165, 1.54) is 37.2 Å². The van der Waals surface area contributed by atoms with Crippen LogP contribution < -0.4 is 15.2 Å². The van der Waals surface area contributed by atoms with Crippen molar-refractivity contribution >= 4 is 74.9 Å². The van der Waals surface area contributed by atoms with Crippen molar-refractivity contribution in [2.75, 3.05) is 19.5 Å². The number of carbonyl (C=O) groups is 2. The highest BCUT2D eigenvalue weighted by atomic mass is 35.5. The first-order valence-corrected chi connectivity index (χ1v) is 18.7. The lowest BCUT2D eigenvalue weighted by molar-refractivity contribution is -0.139. The van der Waals surface area contributed by atoms with Gasteiger partial charge in [0.05, 0.1) is 45.7 Å². The fourth-order valence-corrected chi connectivity index (χ4v) is 6.13. The molecule has 0 aliphatic heterocycles. The zero-order chi connectivity index (χ0) is 42.8. The van der Waals surface area contributed by atoms with Gasteiger partial charge in [0.1, 0.15) is 23.9 Å². The fourth-order valence-electron chi connectivity index (χ4n) is 5.39. The number of benzene rings is 3. The zero-order valence-corrected chi connectivity index (χ0v) is 34.6. The Balaban J connectivity index is 0.000000194. The van der Waals surface area contributed by atoms with Gasteiger partial charge < -0.3 is 30.5 Å². The van der Waals surface area contributed by atoms with Crippen LogP contribution >= 0.6 is 46.4 Å². The van der Waals surface area contributed by atoms with Crippen LogP contribution in [0.4, 0.5) is 10.1 Å². The third kappa shape index (κ3) is 11.7. The number of aromatic nitrogens is 5. The molecule has 3 aromatic carbocycles. The van der Waals surface area contributed by atoms with E-state index in [2.05, 4.69) is 20.1 Å². The van der Waals surface area contributed by atoms with E-state index >= 15 is 0 Å². The molecule has 5 N–H and O–H groups in total. The molecule has 58 heavy (non-hydrogen) atoms. The summed E-state index contributed by atoms with van der Waals surface area (Å²) < 4.78 is 26.0. The smallest absolute Gasteiger partial charge is 0.356 e. The number of pyridine rings is 2. The maximum Gasteiger partial charge on any atom is 0.356 e. The van der Waals surface area contributed by atoms with Crippen LogP contribution in [-0.2, 0) is 17.8 Å². The monoisotopic (exact) mass is 874 g/mol. The molecule has 0 aliphatic carbocycles. The predicted octanol–water partition coefficient (Wildman–Crippen LogP) is 9.18. The van der Waals surface area contributed by atoms with E-state index in [0.717, 1.165) is 16.8 Å². The van der Waals surface area contributed by atoms with Crippen LogP contribution in [0.1, 0.15) is 43.2 Å². The fraction of sp³-hybridized carbons (Fsp3) is 0.250. The third-order valence-electron chi connectivity index (χ3n) is 8.77. The van der Waals surface area contributed by atoms with Gasteiger partial charge in [-0.05, 0) is 78.4 Å². The number of halogens is 5. The minimum atomic E-state index is -1.37. The lowest BCUT2D eigenvalue weighted by atomic mass is 9.73. The van der Waals surface area contributed by atoms with Crippen LogP contribution in [0.3, 0.4) is 0 Å². The maximum absolute atomic E-state index is 14.3. The molecule has 0 fully saturated rings. The standard InChI is InChI=1S/C16H22ClN3O.C13H9Cl2FN2O3.C11H8ClNO3/c1-15(2,3)16(21,10-20-12-18-11-19-20)9-8-13-4-6-14(17)7-5-13;1-21-12-6(14)3-2-5(10(12)16)8-4-7(17)9(15)11(18-8)13(19)20;12-8-3-4-9(16-6-10(14)15)11-7(8)2-1-5-13-11/h4-7,11-12,21H,8-10H2,1-3H3;2-4H,1H3,(H2,17,18)(H,19,20);1-5H,6H2,(H,14,15). The van der Waals surface area contributed by atoms with Gasteiger partial charge in [0.2, 0.25) is 0 Å². The molecule has 0 amide bonds. The summed E-state index contributed by atoms with van der Waals surface area (Å²) in [5.41, 5.74) is 5.78. The van der Waals surface area contributed by atoms with Gasteiger partial charge in [0.15, 0.2) is 23.9 Å². The Labute approximate surface area is 353 Å². The van der Waals surface area contributed by atoms with E-state index in [9.17, 15) is 19.1 Å². The molecule has 6 aromatic rings. The first kappa shape index (κ1) is 45.5.